The number of carbonyl (C=O) groups excluding carboxylic acids is 2. The molecule has 0 bridgehead atoms. The molecule has 7 nitrogen and oxygen atoms in total. The zero-order valence-corrected chi connectivity index (χ0v) is 21.9. The molecule has 0 saturated carbocycles. The molecule has 0 unspecified atom stereocenters. The molecule has 2 heterocycles. The molecule has 0 aliphatic carbocycles. The van der Waals surface area contributed by atoms with E-state index in [1.807, 2.05) is 18.2 Å². The number of ether oxygens (including phenoxy) is 1. The van der Waals surface area contributed by atoms with Crippen LogP contribution in [-0.4, -0.2) is 44.6 Å². The number of hydrogen-bond acceptors (Lipinski definition) is 7. The SMILES string of the molecule is CCOC(=O)c1c(NC(=O)c2cccc(S(C)(=O)=O)c2)sc2c1CCN(Cc1ccccc1)C2.Cl. The lowest BCUT2D eigenvalue weighted by Crippen LogP contribution is -2.29. The van der Waals surface area contributed by atoms with Crippen molar-refractivity contribution < 1.29 is 22.7 Å². The second-order valence-electron chi connectivity index (χ2n) is 8.13. The lowest BCUT2D eigenvalue weighted by Gasteiger charge is -2.27. The van der Waals surface area contributed by atoms with Crippen LogP contribution in [0.15, 0.2) is 59.5 Å². The summed E-state index contributed by atoms with van der Waals surface area (Å²) in [6.07, 6.45) is 1.77. The van der Waals surface area contributed by atoms with E-state index >= 15 is 0 Å². The highest BCUT2D eigenvalue weighted by Gasteiger charge is 2.30. The Morgan fingerprint density at radius 3 is 2.54 bits per heavy atom. The number of fused-ring (bicyclic) bond motifs is 1. The first-order valence-corrected chi connectivity index (χ1v) is 13.7. The average molecular weight is 535 g/mol. The topological polar surface area (TPSA) is 92.8 Å². The van der Waals surface area contributed by atoms with Gasteiger partial charge < -0.3 is 10.1 Å². The van der Waals surface area contributed by atoms with Crippen LogP contribution in [0, 0.1) is 0 Å². The van der Waals surface area contributed by atoms with Gasteiger partial charge in [0.15, 0.2) is 9.84 Å². The first kappa shape index (κ1) is 26.9. The minimum absolute atomic E-state index is 0. The van der Waals surface area contributed by atoms with Gasteiger partial charge in [-0.1, -0.05) is 36.4 Å². The summed E-state index contributed by atoms with van der Waals surface area (Å²) in [7, 11) is -3.45. The highest BCUT2D eigenvalue weighted by molar-refractivity contribution is 7.90. The molecule has 0 saturated heterocycles. The number of hydrogen-bond donors (Lipinski definition) is 1. The van der Waals surface area contributed by atoms with E-state index in [4.69, 9.17) is 4.74 Å². The molecule has 4 rings (SSSR count). The molecule has 1 amide bonds. The van der Waals surface area contributed by atoms with Gasteiger partial charge in [0.2, 0.25) is 0 Å². The first-order valence-electron chi connectivity index (χ1n) is 11.0. The predicted molar refractivity (Wildman–Crippen MR) is 139 cm³/mol. The van der Waals surface area contributed by atoms with Crippen molar-refractivity contribution in [1.82, 2.24) is 4.90 Å². The van der Waals surface area contributed by atoms with E-state index < -0.39 is 21.7 Å². The maximum atomic E-state index is 13.0. The molecular formula is C25H27ClN2O5S2. The Morgan fingerprint density at radius 1 is 1.11 bits per heavy atom. The van der Waals surface area contributed by atoms with Gasteiger partial charge in [-0.15, -0.1) is 23.7 Å². The molecule has 0 radical (unpaired) electrons. The van der Waals surface area contributed by atoms with Crippen molar-refractivity contribution in [3.63, 3.8) is 0 Å². The Balaban J connectivity index is 0.00000342. The highest BCUT2D eigenvalue weighted by Crippen LogP contribution is 2.38. The number of nitrogens with zero attached hydrogens (tertiary/aromatic N) is 1. The van der Waals surface area contributed by atoms with Gasteiger partial charge in [0, 0.05) is 36.3 Å². The van der Waals surface area contributed by atoms with Crippen LogP contribution >= 0.6 is 23.7 Å². The molecule has 1 N–H and O–H groups in total. The summed E-state index contributed by atoms with van der Waals surface area (Å²) in [5, 5.41) is 3.26. The molecule has 0 atom stereocenters. The minimum Gasteiger partial charge on any atom is -0.462 e. The van der Waals surface area contributed by atoms with E-state index in [9.17, 15) is 18.0 Å². The molecule has 1 aliphatic rings. The smallest absolute Gasteiger partial charge is 0.341 e. The summed E-state index contributed by atoms with van der Waals surface area (Å²) in [5.41, 5.74) is 2.73. The van der Waals surface area contributed by atoms with Crippen molar-refractivity contribution in [2.45, 2.75) is 31.3 Å². The monoisotopic (exact) mass is 534 g/mol. The number of sulfone groups is 1. The van der Waals surface area contributed by atoms with Crippen LogP contribution in [0.1, 0.15) is 43.6 Å². The van der Waals surface area contributed by atoms with Gasteiger partial charge in [-0.25, -0.2) is 13.2 Å². The minimum atomic E-state index is -3.45. The van der Waals surface area contributed by atoms with E-state index in [0.29, 0.717) is 23.5 Å². The maximum absolute atomic E-state index is 13.0. The Bertz CT molecular complexity index is 1320. The van der Waals surface area contributed by atoms with E-state index in [2.05, 4.69) is 22.3 Å². The zero-order chi connectivity index (χ0) is 24.3. The van der Waals surface area contributed by atoms with Crippen LogP contribution in [0.25, 0.3) is 0 Å². The van der Waals surface area contributed by atoms with Gasteiger partial charge in [0.25, 0.3) is 5.91 Å². The molecule has 1 aliphatic heterocycles. The number of thiophene rings is 1. The van der Waals surface area contributed by atoms with Crippen LogP contribution in [0.5, 0.6) is 0 Å². The fourth-order valence-electron chi connectivity index (χ4n) is 3.98. The second-order valence-corrected chi connectivity index (χ2v) is 11.2. The van der Waals surface area contributed by atoms with Crippen molar-refractivity contribution in [2.75, 3.05) is 24.7 Å². The normalized spacial score (nSPS) is 13.4. The largest absolute Gasteiger partial charge is 0.462 e. The molecule has 1 aromatic heterocycles. The number of halogens is 1. The number of anilines is 1. The van der Waals surface area contributed by atoms with Crippen LogP contribution < -0.4 is 5.32 Å². The Kier molecular flexibility index (Phi) is 8.71. The summed E-state index contributed by atoms with van der Waals surface area (Å²) in [5.74, 6) is -0.938. The van der Waals surface area contributed by atoms with E-state index in [1.165, 1.54) is 35.1 Å². The third kappa shape index (κ3) is 6.29. The summed E-state index contributed by atoms with van der Waals surface area (Å²) < 4.78 is 29.1. The average Bonchev–Trinajstić information content (AvgIpc) is 3.16. The van der Waals surface area contributed by atoms with E-state index in [-0.39, 0.29) is 29.5 Å². The number of amides is 1. The fraction of sp³-hybridized carbons (Fsp3) is 0.280. The third-order valence-electron chi connectivity index (χ3n) is 5.62. The van der Waals surface area contributed by atoms with Gasteiger partial charge in [-0.05, 0) is 42.7 Å². The zero-order valence-electron chi connectivity index (χ0n) is 19.4. The Labute approximate surface area is 215 Å². The van der Waals surface area contributed by atoms with E-state index in [0.717, 1.165) is 29.8 Å². The second kappa shape index (κ2) is 11.3. The predicted octanol–water partition coefficient (Wildman–Crippen LogP) is 4.56. The van der Waals surface area contributed by atoms with Crippen LogP contribution in [0.2, 0.25) is 0 Å². The van der Waals surface area contributed by atoms with Crippen molar-refractivity contribution in [3.05, 3.63) is 81.7 Å². The number of benzene rings is 2. The molecule has 10 heteroatoms. The quantitative estimate of drug-likeness (QED) is 0.447. The van der Waals surface area contributed by atoms with Gasteiger partial charge in [-0.3, -0.25) is 9.69 Å². The van der Waals surface area contributed by atoms with Crippen molar-refractivity contribution in [2.24, 2.45) is 0 Å². The molecular weight excluding hydrogens is 508 g/mol. The number of esters is 1. The molecule has 0 spiro atoms. The van der Waals surface area contributed by atoms with Crippen molar-refractivity contribution in [3.8, 4) is 0 Å². The summed E-state index contributed by atoms with van der Waals surface area (Å²) in [6, 6.07) is 16.0. The van der Waals surface area contributed by atoms with Crippen LogP contribution in [0.4, 0.5) is 5.00 Å². The van der Waals surface area contributed by atoms with E-state index in [1.54, 1.807) is 13.0 Å². The summed E-state index contributed by atoms with van der Waals surface area (Å²) in [4.78, 5) is 29.2. The van der Waals surface area contributed by atoms with Crippen molar-refractivity contribution >= 4 is 50.5 Å². The molecule has 2 aromatic carbocycles. The summed E-state index contributed by atoms with van der Waals surface area (Å²) in [6.45, 7) is 4.23. The maximum Gasteiger partial charge on any atom is 0.341 e. The first-order chi connectivity index (χ1) is 16.3. The Morgan fingerprint density at radius 2 is 1.86 bits per heavy atom. The van der Waals surface area contributed by atoms with Crippen LogP contribution in [0.3, 0.4) is 0 Å². The van der Waals surface area contributed by atoms with Crippen LogP contribution in [-0.2, 0) is 34.1 Å². The van der Waals surface area contributed by atoms with Gasteiger partial charge in [0.05, 0.1) is 17.1 Å². The number of carbonyl (C=O) groups is 2. The standard InChI is InChI=1S/C25H26N2O5S2.ClH/c1-3-32-25(29)22-20-12-13-27(15-17-8-5-4-6-9-17)16-21(20)33-24(22)26-23(28)18-10-7-11-19(14-18)34(2,30)31;/h4-11,14H,3,12-13,15-16H2,1-2H3,(H,26,28);1H. The number of nitrogens with one attached hydrogen (secondary N) is 1. The molecule has 186 valence electrons. The fourth-order valence-corrected chi connectivity index (χ4v) is 5.92. The van der Waals surface area contributed by atoms with Gasteiger partial charge >= 0.3 is 5.97 Å². The third-order valence-corrected chi connectivity index (χ3v) is 7.86. The molecule has 3 aromatic rings. The lowest BCUT2D eigenvalue weighted by atomic mass is 10.0. The Hall–Kier alpha value is -2.72. The van der Waals surface area contributed by atoms with Gasteiger partial charge in [0.1, 0.15) is 5.00 Å². The molecule has 35 heavy (non-hydrogen) atoms. The number of rotatable bonds is 7. The highest BCUT2D eigenvalue weighted by atomic mass is 35.5. The molecule has 0 fully saturated rings. The lowest BCUT2D eigenvalue weighted by molar-refractivity contribution is 0.0526. The van der Waals surface area contributed by atoms with Gasteiger partial charge in [-0.2, -0.15) is 0 Å². The van der Waals surface area contributed by atoms with Crippen molar-refractivity contribution in [1.29, 1.82) is 0 Å². The summed E-state index contributed by atoms with van der Waals surface area (Å²) >= 11 is 1.37.